The van der Waals surface area contributed by atoms with Crippen molar-refractivity contribution < 1.29 is 14.7 Å². The zero-order chi connectivity index (χ0) is 24.5. The standard InChI is InChI=1S/C27H39N3O3/c1-26(2,18-22-12-8-6-9-13-22)28-24(32)20-30(16-17-31)21-25(33)29(5)27(3,4)19-23-14-10-7-11-15-23/h6-15,31H,16-21H2,1-5H3,(H,28,32). The zero-order valence-electron chi connectivity index (χ0n) is 20.7. The molecule has 0 aliphatic rings. The Morgan fingerprint density at radius 2 is 1.36 bits per heavy atom. The largest absolute Gasteiger partial charge is 0.395 e. The summed E-state index contributed by atoms with van der Waals surface area (Å²) < 4.78 is 0. The maximum absolute atomic E-state index is 13.0. The Hall–Kier alpha value is -2.70. The zero-order valence-corrected chi connectivity index (χ0v) is 20.7. The number of nitrogens with zero attached hydrogens (tertiary/aromatic N) is 2. The van der Waals surface area contributed by atoms with Crippen molar-refractivity contribution in [2.75, 3.05) is 33.3 Å². The van der Waals surface area contributed by atoms with E-state index in [1.807, 2.05) is 76.2 Å². The highest BCUT2D eigenvalue weighted by molar-refractivity contribution is 5.82. The van der Waals surface area contributed by atoms with Gasteiger partial charge in [-0.15, -0.1) is 0 Å². The van der Waals surface area contributed by atoms with Crippen LogP contribution in [0.1, 0.15) is 38.8 Å². The van der Waals surface area contributed by atoms with Crippen LogP contribution in [0.3, 0.4) is 0 Å². The van der Waals surface area contributed by atoms with Gasteiger partial charge in [0, 0.05) is 24.7 Å². The lowest BCUT2D eigenvalue weighted by Crippen LogP contribution is -2.53. The Kier molecular flexibility index (Phi) is 9.62. The molecule has 0 aliphatic carbocycles. The van der Waals surface area contributed by atoms with Gasteiger partial charge in [-0.05, 0) is 51.7 Å². The summed E-state index contributed by atoms with van der Waals surface area (Å²) in [7, 11) is 1.80. The van der Waals surface area contributed by atoms with Gasteiger partial charge in [0.15, 0.2) is 0 Å². The lowest BCUT2D eigenvalue weighted by Gasteiger charge is -2.37. The molecule has 0 radical (unpaired) electrons. The van der Waals surface area contributed by atoms with E-state index >= 15 is 0 Å². The Labute approximate surface area is 198 Å². The highest BCUT2D eigenvalue weighted by atomic mass is 16.3. The molecule has 2 aromatic carbocycles. The van der Waals surface area contributed by atoms with E-state index in [9.17, 15) is 14.7 Å². The molecule has 2 aromatic rings. The van der Waals surface area contributed by atoms with E-state index in [-0.39, 0.29) is 43.6 Å². The van der Waals surface area contributed by atoms with Crippen LogP contribution < -0.4 is 5.32 Å². The van der Waals surface area contributed by atoms with Crippen LogP contribution in [0.5, 0.6) is 0 Å². The van der Waals surface area contributed by atoms with Crippen LogP contribution in [-0.2, 0) is 22.4 Å². The molecule has 6 nitrogen and oxygen atoms in total. The van der Waals surface area contributed by atoms with Crippen LogP contribution in [0.2, 0.25) is 0 Å². The van der Waals surface area contributed by atoms with E-state index < -0.39 is 5.54 Å². The van der Waals surface area contributed by atoms with Gasteiger partial charge in [0.25, 0.3) is 0 Å². The molecule has 180 valence electrons. The van der Waals surface area contributed by atoms with Crippen molar-refractivity contribution in [3.63, 3.8) is 0 Å². The van der Waals surface area contributed by atoms with Gasteiger partial charge < -0.3 is 15.3 Å². The van der Waals surface area contributed by atoms with E-state index in [1.54, 1.807) is 16.8 Å². The predicted octanol–water partition coefficient (Wildman–Crippen LogP) is 2.90. The van der Waals surface area contributed by atoms with E-state index in [0.29, 0.717) is 6.42 Å². The first-order chi connectivity index (χ1) is 15.5. The molecule has 0 heterocycles. The normalized spacial score (nSPS) is 12.0. The van der Waals surface area contributed by atoms with E-state index in [1.165, 1.54) is 0 Å². The number of rotatable bonds is 12. The number of carbonyl (C=O) groups excluding carboxylic acids is 2. The van der Waals surface area contributed by atoms with Crippen LogP contribution >= 0.6 is 0 Å². The molecule has 2 N–H and O–H groups in total. The van der Waals surface area contributed by atoms with Crippen molar-refractivity contribution in [1.82, 2.24) is 15.1 Å². The number of hydrogen-bond acceptors (Lipinski definition) is 4. The van der Waals surface area contributed by atoms with E-state index in [4.69, 9.17) is 0 Å². The topological polar surface area (TPSA) is 72.9 Å². The third-order valence-corrected chi connectivity index (χ3v) is 5.87. The first-order valence-corrected chi connectivity index (χ1v) is 11.5. The molecule has 0 fully saturated rings. The molecule has 6 heteroatoms. The fourth-order valence-electron chi connectivity index (χ4n) is 3.97. The second-order valence-corrected chi connectivity index (χ2v) is 9.96. The van der Waals surface area contributed by atoms with Gasteiger partial charge in [-0.3, -0.25) is 14.5 Å². The van der Waals surface area contributed by atoms with Gasteiger partial charge in [0.2, 0.25) is 11.8 Å². The summed E-state index contributed by atoms with van der Waals surface area (Å²) in [6, 6.07) is 20.1. The summed E-state index contributed by atoms with van der Waals surface area (Å²) in [6.07, 6.45) is 1.43. The van der Waals surface area contributed by atoms with Crippen LogP contribution in [-0.4, -0.2) is 71.1 Å². The van der Waals surface area contributed by atoms with Crippen LogP contribution in [0.25, 0.3) is 0 Å². The molecule has 0 spiro atoms. The monoisotopic (exact) mass is 453 g/mol. The molecule has 0 saturated heterocycles. The van der Waals surface area contributed by atoms with Crippen molar-refractivity contribution in [1.29, 1.82) is 0 Å². The number of amides is 2. The van der Waals surface area contributed by atoms with Gasteiger partial charge in [-0.2, -0.15) is 0 Å². The molecule has 0 aromatic heterocycles. The minimum atomic E-state index is -0.429. The Morgan fingerprint density at radius 3 is 1.88 bits per heavy atom. The number of nitrogens with one attached hydrogen (secondary N) is 1. The first-order valence-electron chi connectivity index (χ1n) is 11.5. The Morgan fingerprint density at radius 1 is 0.848 bits per heavy atom. The third-order valence-electron chi connectivity index (χ3n) is 5.87. The van der Waals surface area contributed by atoms with Crippen molar-refractivity contribution in [3.8, 4) is 0 Å². The maximum Gasteiger partial charge on any atom is 0.236 e. The van der Waals surface area contributed by atoms with Gasteiger partial charge in [-0.1, -0.05) is 60.7 Å². The van der Waals surface area contributed by atoms with Crippen molar-refractivity contribution >= 4 is 11.8 Å². The number of benzene rings is 2. The van der Waals surface area contributed by atoms with Crippen LogP contribution in [0.4, 0.5) is 0 Å². The van der Waals surface area contributed by atoms with Crippen molar-refractivity contribution in [3.05, 3.63) is 71.8 Å². The third kappa shape index (κ3) is 8.98. The van der Waals surface area contributed by atoms with E-state index in [0.717, 1.165) is 17.5 Å². The summed E-state index contributed by atoms with van der Waals surface area (Å²) in [4.78, 5) is 29.2. The Bertz CT molecular complexity index is 882. The van der Waals surface area contributed by atoms with Gasteiger partial charge in [0.1, 0.15) is 0 Å². The number of aliphatic hydroxyl groups excluding tert-OH is 1. The van der Waals surface area contributed by atoms with E-state index in [2.05, 4.69) is 17.4 Å². The summed E-state index contributed by atoms with van der Waals surface area (Å²) in [5.41, 5.74) is 1.49. The molecule has 0 atom stereocenters. The molecule has 0 aliphatic heterocycles. The highest BCUT2D eigenvalue weighted by Crippen LogP contribution is 2.19. The fourth-order valence-corrected chi connectivity index (χ4v) is 3.97. The lowest BCUT2D eigenvalue weighted by atomic mass is 9.93. The molecule has 0 saturated carbocycles. The summed E-state index contributed by atoms with van der Waals surface area (Å²) >= 11 is 0. The van der Waals surface area contributed by atoms with Crippen LogP contribution in [0.15, 0.2) is 60.7 Å². The number of hydrogen-bond donors (Lipinski definition) is 2. The highest BCUT2D eigenvalue weighted by Gasteiger charge is 2.29. The second kappa shape index (κ2) is 12.0. The molecule has 0 bridgehead atoms. The van der Waals surface area contributed by atoms with Crippen LogP contribution in [0, 0.1) is 0 Å². The smallest absolute Gasteiger partial charge is 0.236 e. The molecule has 2 rings (SSSR count). The first kappa shape index (κ1) is 26.6. The predicted molar refractivity (Wildman–Crippen MR) is 133 cm³/mol. The summed E-state index contributed by atoms with van der Waals surface area (Å²) in [6.45, 7) is 8.30. The molecule has 0 unspecified atom stereocenters. The molecule has 33 heavy (non-hydrogen) atoms. The fraction of sp³-hybridized carbons (Fsp3) is 0.481. The SMILES string of the molecule is CN(C(=O)CN(CCO)CC(=O)NC(C)(C)Cc1ccccc1)C(C)(C)Cc1ccccc1. The second-order valence-electron chi connectivity index (χ2n) is 9.96. The maximum atomic E-state index is 13.0. The minimum absolute atomic E-state index is 0.0530. The minimum Gasteiger partial charge on any atom is -0.395 e. The quantitative estimate of drug-likeness (QED) is 0.518. The van der Waals surface area contributed by atoms with Gasteiger partial charge in [-0.25, -0.2) is 0 Å². The van der Waals surface area contributed by atoms with Crippen molar-refractivity contribution in [2.45, 2.75) is 51.6 Å². The number of carbonyl (C=O) groups is 2. The number of likely N-dealkylation sites (N-methyl/N-ethyl adjacent to an activating group) is 1. The Balaban J connectivity index is 1.95. The molecular formula is C27H39N3O3. The van der Waals surface area contributed by atoms with Crippen molar-refractivity contribution in [2.24, 2.45) is 0 Å². The van der Waals surface area contributed by atoms with Gasteiger partial charge in [0.05, 0.1) is 19.7 Å². The molecular weight excluding hydrogens is 414 g/mol. The van der Waals surface area contributed by atoms with Gasteiger partial charge >= 0.3 is 0 Å². The summed E-state index contributed by atoms with van der Waals surface area (Å²) in [5.74, 6) is -0.246. The summed E-state index contributed by atoms with van der Waals surface area (Å²) in [5, 5.41) is 12.6. The lowest BCUT2D eigenvalue weighted by molar-refractivity contribution is -0.136. The number of aliphatic hydroxyl groups is 1. The molecule has 2 amide bonds. The average Bonchev–Trinajstić information content (AvgIpc) is 2.73. The average molecular weight is 454 g/mol.